The Hall–Kier alpha value is -3.59. The van der Waals surface area contributed by atoms with Crippen LogP contribution in [0.1, 0.15) is 47.9 Å². The molecule has 40 heavy (non-hydrogen) atoms. The van der Waals surface area contributed by atoms with Gasteiger partial charge < -0.3 is 9.47 Å². The van der Waals surface area contributed by atoms with Crippen molar-refractivity contribution in [2.45, 2.75) is 44.8 Å². The molecule has 0 bridgehead atoms. The van der Waals surface area contributed by atoms with Gasteiger partial charge in [0.15, 0.2) is 17.3 Å². The van der Waals surface area contributed by atoms with Crippen molar-refractivity contribution < 1.29 is 36.5 Å². The lowest BCUT2D eigenvalue weighted by molar-refractivity contribution is -0.0521. The van der Waals surface area contributed by atoms with Crippen LogP contribution in [0.4, 0.5) is 22.1 Å². The van der Waals surface area contributed by atoms with E-state index in [1.54, 1.807) is 18.2 Å². The highest BCUT2D eigenvalue weighted by Gasteiger charge is 2.25. The topological polar surface area (TPSA) is 30.9 Å². The molecule has 1 fully saturated rings. The first-order valence-electron chi connectivity index (χ1n) is 13.4. The van der Waals surface area contributed by atoms with Gasteiger partial charge in [-0.1, -0.05) is 24.3 Å². The fourth-order valence-electron chi connectivity index (χ4n) is 5.58. The van der Waals surface area contributed by atoms with Crippen molar-refractivity contribution in [1.29, 1.82) is 0 Å². The SMILES string of the molecule is FCCCN1CC[C@H](Oc2ccc(C3=C(c4ccc(OC(F)F)c(F)c4)CCCc4cc(OF)ccc43)cc2)C1. The van der Waals surface area contributed by atoms with Gasteiger partial charge in [-0.05, 0) is 102 Å². The Morgan fingerprint density at radius 3 is 2.42 bits per heavy atom. The summed E-state index contributed by atoms with van der Waals surface area (Å²) in [7, 11) is 0. The van der Waals surface area contributed by atoms with Crippen LogP contribution in [0.3, 0.4) is 0 Å². The summed E-state index contributed by atoms with van der Waals surface area (Å²) in [4.78, 5) is 6.16. The van der Waals surface area contributed by atoms with Crippen molar-refractivity contribution >= 4 is 11.1 Å². The second-order valence-electron chi connectivity index (χ2n) is 10.0. The number of aryl methyl sites for hydroxylation is 1. The molecule has 9 heteroatoms. The Kier molecular flexibility index (Phi) is 8.89. The predicted molar refractivity (Wildman–Crippen MR) is 143 cm³/mol. The minimum atomic E-state index is -3.13. The molecule has 0 N–H and O–H groups in total. The van der Waals surface area contributed by atoms with Gasteiger partial charge in [-0.3, -0.25) is 14.2 Å². The number of benzene rings is 3. The molecular formula is C31H30F5NO3. The molecule has 1 aliphatic heterocycles. The van der Waals surface area contributed by atoms with E-state index in [4.69, 9.17) is 4.74 Å². The van der Waals surface area contributed by atoms with E-state index in [0.717, 1.165) is 53.9 Å². The quantitative estimate of drug-likeness (QED) is 0.237. The molecule has 0 aromatic heterocycles. The van der Waals surface area contributed by atoms with Crippen molar-refractivity contribution in [3.63, 3.8) is 0 Å². The standard InChI is InChI=1S/C31H30F5NO3/c32-14-2-15-37-16-13-25(19-37)38-23-8-5-20(6-9-23)30-26(22-7-12-29(28(33)18-22)39-31(34)35)4-1-3-21-17-24(40-36)10-11-27(21)30/h5-12,17-18,25,31H,1-4,13-16,19H2/t25-/m0/s1. The first-order chi connectivity index (χ1) is 19.4. The van der Waals surface area contributed by atoms with E-state index in [0.29, 0.717) is 37.0 Å². The summed E-state index contributed by atoms with van der Waals surface area (Å²) in [6, 6.07) is 16.6. The van der Waals surface area contributed by atoms with Gasteiger partial charge in [-0.2, -0.15) is 8.78 Å². The molecule has 3 aromatic rings. The maximum atomic E-state index is 14.8. The molecule has 212 valence electrons. The lowest BCUT2D eigenvalue weighted by Gasteiger charge is -2.19. The van der Waals surface area contributed by atoms with Crippen molar-refractivity contribution in [2.75, 3.05) is 26.3 Å². The molecule has 5 rings (SSSR count). The van der Waals surface area contributed by atoms with Crippen LogP contribution in [0.15, 0.2) is 60.7 Å². The highest BCUT2D eigenvalue weighted by atomic mass is 19.3. The van der Waals surface area contributed by atoms with E-state index in [2.05, 4.69) is 14.6 Å². The maximum absolute atomic E-state index is 14.8. The molecule has 0 spiro atoms. The van der Waals surface area contributed by atoms with Gasteiger partial charge in [0.1, 0.15) is 11.9 Å². The number of nitrogens with zero attached hydrogens (tertiary/aromatic N) is 1. The third-order valence-corrected chi connectivity index (χ3v) is 7.39. The third-order valence-electron chi connectivity index (χ3n) is 7.39. The largest absolute Gasteiger partial charge is 0.489 e. The Morgan fingerprint density at radius 1 is 0.925 bits per heavy atom. The minimum absolute atomic E-state index is 0.0231. The molecule has 4 nitrogen and oxygen atoms in total. The molecule has 3 aromatic carbocycles. The van der Waals surface area contributed by atoms with Crippen LogP contribution in [0.5, 0.6) is 17.2 Å². The van der Waals surface area contributed by atoms with Crippen LogP contribution >= 0.6 is 0 Å². The van der Waals surface area contributed by atoms with Crippen LogP contribution in [0.2, 0.25) is 0 Å². The second kappa shape index (κ2) is 12.7. The van der Waals surface area contributed by atoms with Crippen molar-refractivity contribution in [3.8, 4) is 17.2 Å². The van der Waals surface area contributed by atoms with Gasteiger partial charge in [-0.15, -0.1) is 0 Å². The van der Waals surface area contributed by atoms with Gasteiger partial charge in [0.25, 0.3) is 0 Å². The second-order valence-corrected chi connectivity index (χ2v) is 10.0. The van der Waals surface area contributed by atoms with Gasteiger partial charge in [0.05, 0.1) is 6.67 Å². The Morgan fingerprint density at radius 2 is 1.70 bits per heavy atom. The first-order valence-corrected chi connectivity index (χ1v) is 13.4. The number of alkyl halides is 3. The molecule has 0 amide bonds. The molecule has 2 aliphatic rings. The highest BCUT2D eigenvalue weighted by molar-refractivity contribution is 6.00. The number of halogens is 5. The first kappa shape index (κ1) is 28.0. The van der Waals surface area contributed by atoms with E-state index in [1.165, 1.54) is 18.2 Å². The van der Waals surface area contributed by atoms with Crippen LogP contribution in [-0.4, -0.2) is 43.9 Å². The van der Waals surface area contributed by atoms with Crippen molar-refractivity contribution in [1.82, 2.24) is 4.90 Å². The zero-order valence-electron chi connectivity index (χ0n) is 21.9. The molecule has 1 heterocycles. The van der Waals surface area contributed by atoms with Gasteiger partial charge in [-0.25, -0.2) is 4.39 Å². The molecule has 0 unspecified atom stereocenters. The molecule has 1 aliphatic carbocycles. The molecule has 0 saturated carbocycles. The third kappa shape index (κ3) is 6.41. The zero-order valence-corrected chi connectivity index (χ0v) is 21.9. The maximum Gasteiger partial charge on any atom is 0.387 e. The van der Waals surface area contributed by atoms with Crippen LogP contribution in [0.25, 0.3) is 11.1 Å². The van der Waals surface area contributed by atoms with E-state index in [1.807, 2.05) is 24.3 Å². The van der Waals surface area contributed by atoms with Gasteiger partial charge in [0, 0.05) is 24.2 Å². The number of likely N-dealkylation sites (tertiary alicyclic amines) is 1. The zero-order chi connectivity index (χ0) is 28.1. The van der Waals surface area contributed by atoms with Crippen LogP contribution < -0.4 is 14.4 Å². The van der Waals surface area contributed by atoms with Crippen molar-refractivity contribution in [3.05, 3.63) is 88.7 Å². The van der Waals surface area contributed by atoms with Crippen LogP contribution in [0, 0.1) is 5.82 Å². The monoisotopic (exact) mass is 559 g/mol. The summed E-state index contributed by atoms with van der Waals surface area (Å²) in [5.41, 5.74) is 4.82. The fraction of sp³-hybridized carbons (Fsp3) is 0.355. The Bertz CT molecular complexity index is 1350. The highest BCUT2D eigenvalue weighted by Crippen LogP contribution is 2.42. The van der Waals surface area contributed by atoms with E-state index in [-0.39, 0.29) is 18.5 Å². The molecular weight excluding hydrogens is 529 g/mol. The summed E-state index contributed by atoms with van der Waals surface area (Å²) in [5.74, 6) is -0.590. The number of ether oxygens (including phenoxy) is 2. The molecule has 0 radical (unpaired) electrons. The predicted octanol–water partition coefficient (Wildman–Crippen LogP) is 7.80. The van der Waals surface area contributed by atoms with E-state index in [9.17, 15) is 22.1 Å². The van der Waals surface area contributed by atoms with Gasteiger partial charge in [0.2, 0.25) is 0 Å². The number of allylic oxidation sites excluding steroid dienone is 1. The summed E-state index contributed by atoms with van der Waals surface area (Å²) in [6.07, 6.45) is 3.35. The van der Waals surface area contributed by atoms with Gasteiger partial charge >= 0.3 is 6.61 Å². The Labute approximate surface area is 229 Å². The fourth-order valence-corrected chi connectivity index (χ4v) is 5.58. The number of fused-ring (bicyclic) bond motifs is 1. The number of rotatable bonds is 10. The number of hydrogen-bond acceptors (Lipinski definition) is 4. The smallest absolute Gasteiger partial charge is 0.387 e. The van der Waals surface area contributed by atoms with Crippen LogP contribution in [-0.2, 0) is 6.42 Å². The normalized spacial score (nSPS) is 17.6. The average Bonchev–Trinajstić information content (AvgIpc) is 3.31. The minimum Gasteiger partial charge on any atom is -0.489 e. The summed E-state index contributed by atoms with van der Waals surface area (Å²) in [6.45, 7) is -1.11. The lowest BCUT2D eigenvalue weighted by Crippen LogP contribution is -2.26. The lowest BCUT2D eigenvalue weighted by atomic mass is 9.87. The summed E-state index contributed by atoms with van der Waals surface area (Å²) >= 11 is 0. The summed E-state index contributed by atoms with van der Waals surface area (Å²) < 4.78 is 76.1. The van der Waals surface area contributed by atoms with E-state index < -0.39 is 18.2 Å². The average molecular weight is 560 g/mol. The van der Waals surface area contributed by atoms with E-state index >= 15 is 0 Å². The number of hydrogen-bond donors (Lipinski definition) is 0. The van der Waals surface area contributed by atoms with Crippen molar-refractivity contribution in [2.24, 2.45) is 0 Å². The summed E-state index contributed by atoms with van der Waals surface area (Å²) in [5, 5.41) is 0. The molecule has 1 atom stereocenters. The Balaban J connectivity index is 1.49. The molecule has 1 saturated heterocycles.